The lowest BCUT2D eigenvalue weighted by atomic mass is 10.1. The van der Waals surface area contributed by atoms with Gasteiger partial charge in [0.25, 0.3) is 0 Å². The molecule has 0 amide bonds. The number of nitrogens with zero attached hydrogens (tertiary/aromatic N) is 1. The predicted molar refractivity (Wildman–Crippen MR) is 47.0 cm³/mol. The predicted octanol–water partition coefficient (Wildman–Crippen LogP) is 0.275. The van der Waals surface area contributed by atoms with Crippen LogP contribution in [-0.4, -0.2) is 17.7 Å². The van der Waals surface area contributed by atoms with Crippen LogP contribution < -0.4 is 5.73 Å². The Morgan fingerprint density at radius 3 is 2.54 bits per heavy atom. The molecular weight excluding hydrogens is 168 g/mol. The molecule has 0 fully saturated rings. The maximum absolute atomic E-state index is 11.3. The van der Waals surface area contributed by atoms with Crippen molar-refractivity contribution in [2.45, 2.75) is 6.23 Å². The largest absolute Gasteiger partial charge is 0.367 e. The first-order chi connectivity index (χ1) is 6.29. The molecule has 2 N–H and O–H groups in total. The molecule has 0 saturated heterocycles. The highest BCUT2D eigenvalue weighted by Crippen LogP contribution is 2.09. The van der Waals surface area contributed by atoms with E-state index in [-0.39, 0.29) is 5.78 Å². The summed E-state index contributed by atoms with van der Waals surface area (Å²) >= 11 is 0. The molecule has 0 spiro atoms. The van der Waals surface area contributed by atoms with Gasteiger partial charge in [-0.3, -0.25) is 10.5 Å². The van der Waals surface area contributed by atoms with E-state index in [4.69, 9.17) is 5.73 Å². The fraction of sp³-hybridized carbons (Fsp3) is 0.111. The van der Waals surface area contributed by atoms with Crippen LogP contribution in [0, 0.1) is 0 Å². The lowest BCUT2D eigenvalue weighted by Crippen LogP contribution is -2.31. The Hall–Kier alpha value is -1.68. The van der Waals surface area contributed by atoms with E-state index in [1.165, 1.54) is 0 Å². The van der Waals surface area contributed by atoms with E-state index in [1.807, 2.05) is 18.2 Å². The van der Waals surface area contributed by atoms with E-state index < -0.39 is 6.23 Å². The van der Waals surface area contributed by atoms with E-state index in [1.54, 1.807) is 12.1 Å². The molecular formula is C9H8N2O2. The Morgan fingerprint density at radius 1 is 1.31 bits per heavy atom. The van der Waals surface area contributed by atoms with Crippen molar-refractivity contribution >= 4 is 11.5 Å². The molecule has 1 aromatic rings. The molecule has 0 saturated carbocycles. The lowest BCUT2D eigenvalue weighted by Gasteiger charge is -1.96. The van der Waals surface area contributed by atoms with Crippen molar-refractivity contribution in [1.29, 1.82) is 0 Å². The van der Waals surface area contributed by atoms with Gasteiger partial charge in [-0.25, -0.2) is 0 Å². The van der Waals surface area contributed by atoms with Gasteiger partial charge in [0, 0.05) is 5.56 Å². The fourth-order valence-electron chi connectivity index (χ4n) is 1.13. The van der Waals surface area contributed by atoms with Crippen LogP contribution in [0.4, 0.5) is 0 Å². The zero-order valence-electron chi connectivity index (χ0n) is 6.81. The number of carbonyl (C=O) groups excluding carboxylic acids is 1. The number of hydrogen-bond donors (Lipinski definition) is 1. The summed E-state index contributed by atoms with van der Waals surface area (Å²) in [5.74, 6) is -0.272. The van der Waals surface area contributed by atoms with Crippen molar-refractivity contribution < 1.29 is 9.63 Å². The minimum Gasteiger partial charge on any atom is -0.367 e. The van der Waals surface area contributed by atoms with Gasteiger partial charge in [0.05, 0.1) is 0 Å². The summed E-state index contributed by atoms with van der Waals surface area (Å²) in [6.07, 6.45) is -0.935. The molecule has 0 aliphatic carbocycles. The zero-order valence-corrected chi connectivity index (χ0v) is 6.81. The van der Waals surface area contributed by atoms with Gasteiger partial charge < -0.3 is 4.84 Å². The molecule has 1 aliphatic heterocycles. The Morgan fingerprint density at radius 2 is 2.00 bits per heavy atom. The zero-order chi connectivity index (χ0) is 9.26. The van der Waals surface area contributed by atoms with Crippen molar-refractivity contribution in [2.24, 2.45) is 10.9 Å². The summed E-state index contributed by atoms with van der Waals surface area (Å²) in [5, 5.41) is 3.61. The Bertz CT molecular complexity index is 359. The number of hydrogen-bond acceptors (Lipinski definition) is 4. The molecule has 0 bridgehead atoms. The average Bonchev–Trinajstić information content (AvgIpc) is 2.49. The van der Waals surface area contributed by atoms with Gasteiger partial charge in [0.15, 0.2) is 5.71 Å². The number of nitrogens with two attached hydrogens (primary N) is 1. The first kappa shape index (κ1) is 7.94. The summed E-state index contributed by atoms with van der Waals surface area (Å²) in [6.45, 7) is 0. The quantitative estimate of drug-likeness (QED) is 0.668. The third kappa shape index (κ3) is 1.31. The highest BCUT2D eigenvalue weighted by atomic mass is 16.7. The summed E-state index contributed by atoms with van der Waals surface area (Å²) in [7, 11) is 0. The Kier molecular flexibility index (Phi) is 1.83. The first-order valence-electron chi connectivity index (χ1n) is 3.88. The van der Waals surface area contributed by atoms with Gasteiger partial charge >= 0.3 is 0 Å². The molecule has 1 atom stereocenters. The van der Waals surface area contributed by atoms with Crippen LogP contribution in [0.1, 0.15) is 5.56 Å². The monoisotopic (exact) mass is 176 g/mol. The second kappa shape index (κ2) is 2.99. The van der Waals surface area contributed by atoms with Crippen LogP contribution in [0.15, 0.2) is 35.5 Å². The molecule has 13 heavy (non-hydrogen) atoms. The molecule has 0 radical (unpaired) electrons. The van der Waals surface area contributed by atoms with Gasteiger partial charge in [-0.2, -0.15) is 0 Å². The summed E-state index contributed by atoms with van der Waals surface area (Å²) < 4.78 is 0. The molecule has 1 aromatic carbocycles. The van der Waals surface area contributed by atoms with Crippen LogP contribution in [0.2, 0.25) is 0 Å². The topological polar surface area (TPSA) is 64.7 Å². The molecule has 4 heteroatoms. The smallest absolute Gasteiger partial charge is 0.243 e. The Labute approximate surface area is 75.0 Å². The number of oxime groups is 1. The number of benzene rings is 1. The van der Waals surface area contributed by atoms with E-state index in [2.05, 4.69) is 9.99 Å². The van der Waals surface area contributed by atoms with Gasteiger partial charge in [0.1, 0.15) is 0 Å². The minimum atomic E-state index is -0.935. The van der Waals surface area contributed by atoms with Gasteiger partial charge in [-0.15, -0.1) is 0 Å². The number of carbonyl (C=O) groups is 1. The highest BCUT2D eigenvalue weighted by Gasteiger charge is 2.29. The molecule has 1 heterocycles. The van der Waals surface area contributed by atoms with Crippen molar-refractivity contribution in [2.75, 3.05) is 0 Å². The molecule has 0 aromatic heterocycles. The fourth-order valence-corrected chi connectivity index (χ4v) is 1.13. The molecule has 4 nitrogen and oxygen atoms in total. The third-order valence-corrected chi connectivity index (χ3v) is 1.80. The van der Waals surface area contributed by atoms with Crippen LogP contribution in [-0.2, 0) is 9.63 Å². The van der Waals surface area contributed by atoms with Crippen LogP contribution in [0.25, 0.3) is 0 Å². The van der Waals surface area contributed by atoms with Crippen LogP contribution >= 0.6 is 0 Å². The second-order valence-corrected chi connectivity index (χ2v) is 2.70. The van der Waals surface area contributed by atoms with Gasteiger partial charge in [-0.05, 0) is 0 Å². The number of ketones is 1. The summed E-state index contributed by atoms with van der Waals surface area (Å²) in [6, 6.07) is 9.10. The molecule has 1 aliphatic rings. The van der Waals surface area contributed by atoms with Crippen molar-refractivity contribution in [3.63, 3.8) is 0 Å². The number of Topliss-reactive ketones (excluding diaryl/α,β-unsaturated/α-hetero) is 1. The van der Waals surface area contributed by atoms with E-state index in [0.717, 1.165) is 5.56 Å². The third-order valence-electron chi connectivity index (χ3n) is 1.80. The van der Waals surface area contributed by atoms with Crippen molar-refractivity contribution in [3.8, 4) is 0 Å². The number of rotatable bonds is 1. The summed E-state index contributed by atoms with van der Waals surface area (Å²) in [4.78, 5) is 16.0. The standard InChI is InChI=1S/C9H8N2O2/c10-9-8(12)7(11-13-9)6-4-2-1-3-5-6/h1-5,9H,10H2. The SMILES string of the molecule is NC1ON=C(c2ccccc2)C1=O. The molecule has 1 unspecified atom stereocenters. The lowest BCUT2D eigenvalue weighted by molar-refractivity contribution is -0.120. The van der Waals surface area contributed by atoms with E-state index in [0.29, 0.717) is 5.71 Å². The first-order valence-corrected chi connectivity index (χ1v) is 3.88. The maximum Gasteiger partial charge on any atom is 0.243 e. The van der Waals surface area contributed by atoms with Gasteiger partial charge in [0.2, 0.25) is 12.0 Å². The van der Waals surface area contributed by atoms with Crippen molar-refractivity contribution in [1.82, 2.24) is 0 Å². The normalized spacial score (nSPS) is 21.2. The summed E-state index contributed by atoms with van der Waals surface area (Å²) in [5.41, 5.74) is 6.36. The average molecular weight is 176 g/mol. The highest BCUT2D eigenvalue weighted by molar-refractivity contribution is 6.48. The Balaban J connectivity index is 2.34. The molecule has 2 rings (SSSR count). The minimum absolute atomic E-state index is 0.272. The van der Waals surface area contributed by atoms with E-state index in [9.17, 15) is 4.79 Å². The maximum atomic E-state index is 11.3. The molecule has 66 valence electrons. The van der Waals surface area contributed by atoms with Crippen LogP contribution in [0.3, 0.4) is 0 Å². The van der Waals surface area contributed by atoms with Crippen LogP contribution in [0.5, 0.6) is 0 Å². The van der Waals surface area contributed by atoms with Crippen molar-refractivity contribution in [3.05, 3.63) is 35.9 Å². The van der Waals surface area contributed by atoms with E-state index >= 15 is 0 Å². The second-order valence-electron chi connectivity index (χ2n) is 2.70. The van der Waals surface area contributed by atoms with Gasteiger partial charge in [-0.1, -0.05) is 35.5 Å².